The van der Waals surface area contributed by atoms with Crippen LogP contribution in [0.25, 0.3) is 0 Å². The molecule has 1 aliphatic rings. The Kier molecular flexibility index (Phi) is 1.91. The molecule has 0 N–H and O–H groups in total. The molecule has 0 aliphatic carbocycles. The van der Waals surface area contributed by atoms with Gasteiger partial charge in [-0.2, -0.15) is 0 Å². The van der Waals surface area contributed by atoms with Gasteiger partial charge in [-0.25, -0.2) is 0 Å². The minimum Gasteiger partial charge on any atom is -0.148 e. The third-order valence-electron chi connectivity index (χ3n) is 2.11. The van der Waals surface area contributed by atoms with Crippen LogP contribution >= 0.6 is 11.8 Å². The van der Waals surface area contributed by atoms with E-state index >= 15 is 0 Å². The summed E-state index contributed by atoms with van der Waals surface area (Å²) in [5, 5.41) is 1.71. The highest BCUT2D eigenvalue weighted by molar-refractivity contribution is 8.07. The van der Waals surface area contributed by atoms with Gasteiger partial charge in [0.15, 0.2) is 0 Å². The Hall–Kier alpha value is -0.430. The van der Waals surface area contributed by atoms with Crippen molar-refractivity contribution in [1.82, 2.24) is 0 Å². The number of hydrogen-bond acceptors (Lipinski definition) is 1. The van der Waals surface area contributed by atoms with Crippen molar-refractivity contribution in [3.05, 3.63) is 35.9 Å². The maximum atomic E-state index is 2.26. The van der Waals surface area contributed by atoms with E-state index in [1.54, 1.807) is 0 Å². The molecular formula is C10H12S. The van der Waals surface area contributed by atoms with Crippen LogP contribution in [0.1, 0.15) is 24.2 Å². The lowest BCUT2D eigenvalue weighted by atomic mass is 10.1. The summed E-state index contributed by atoms with van der Waals surface area (Å²) in [6.07, 6.45) is 1.31. The standard InChI is InChI=1S/C10H12S/c1-2-9-10(11-9)8-6-4-3-5-7-8/h3-7,9-10H,2H2,1H3/t9-,10-/m0/s1. The van der Waals surface area contributed by atoms with Gasteiger partial charge in [0.1, 0.15) is 0 Å². The summed E-state index contributed by atoms with van der Waals surface area (Å²) in [5.74, 6) is 0. The van der Waals surface area contributed by atoms with Crippen LogP contribution in [-0.2, 0) is 0 Å². The molecule has 0 aromatic heterocycles. The average molecular weight is 164 g/mol. The fraction of sp³-hybridized carbons (Fsp3) is 0.400. The molecule has 0 nitrogen and oxygen atoms in total. The van der Waals surface area contributed by atoms with E-state index in [4.69, 9.17) is 0 Å². The van der Waals surface area contributed by atoms with E-state index < -0.39 is 0 Å². The lowest BCUT2D eigenvalue weighted by molar-refractivity contribution is 0.887. The van der Waals surface area contributed by atoms with Gasteiger partial charge in [0, 0.05) is 10.5 Å². The molecule has 1 aliphatic heterocycles. The molecule has 1 aromatic rings. The smallest absolute Gasteiger partial charge is 0.0419 e. The molecule has 11 heavy (non-hydrogen) atoms. The van der Waals surface area contributed by atoms with Crippen LogP contribution in [-0.4, -0.2) is 5.25 Å². The molecule has 0 bridgehead atoms. The Labute approximate surface area is 72.0 Å². The Bertz CT molecular complexity index is 230. The molecule has 1 aromatic carbocycles. The highest BCUT2D eigenvalue weighted by atomic mass is 32.2. The van der Waals surface area contributed by atoms with Gasteiger partial charge in [0.05, 0.1) is 0 Å². The number of hydrogen-bond donors (Lipinski definition) is 0. The number of benzene rings is 1. The van der Waals surface area contributed by atoms with Crippen LogP contribution in [0.2, 0.25) is 0 Å². The van der Waals surface area contributed by atoms with Crippen LogP contribution in [0.3, 0.4) is 0 Å². The lowest BCUT2D eigenvalue weighted by Gasteiger charge is -1.94. The van der Waals surface area contributed by atoms with E-state index in [0.717, 1.165) is 10.5 Å². The Morgan fingerprint density at radius 3 is 2.55 bits per heavy atom. The third kappa shape index (κ3) is 1.43. The first-order valence-electron chi connectivity index (χ1n) is 4.12. The van der Waals surface area contributed by atoms with E-state index in [2.05, 4.69) is 49.0 Å². The van der Waals surface area contributed by atoms with E-state index in [0.29, 0.717) is 0 Å². The summed E-state index contributed by atoms with van der Waals surface area (Å²) in [4.78, 5) is 0. The average Bonchev–Trinajstić information content (AvgIpc) is 2.85. The third-order valence-corrected chi connectivity index (χ3v) is 3.65. The van der Waals surface area contributed by atoms with Gasteiger partial charge in [-0.1, -0.05) is 37.3 Å². The van der Waals surface area contributed by atoms with Crippen LogP contribution in [0.5, 0.6) is 0 Å². The monoisotopic (exact) mass is 164 g/mol. The largest absolute Gasteiger partial charge is 0.148 e. The zero-order chi connectivity index (χ0) is 7.68. The molecule has 0 unspecified atom stereocenters. The first kappa shape index (κ1) is 7.23. The molecular weight excluding hydrogens is 152 g/mol. The van der Waals surface area contributed by atoms with Crippen LogP contribution in [0.15, 0.2) is 30.3 Å². The summed E-state index contributed by atoms with van der Waals surface area (Å²) < 4.78 is 0. The fourth-order valence-electron chi connectivity index (χ4n) is 1.39. The highest BCUT2D eigenvalue weighted by Gasteiger charge is 2.37. The lowest BCUT2D eigenvalue weighted by Crippen LogP contribution is -1.84. The second-order valence-electron chi connectivity index (χ2n) is 2.91. The van der Waals surface area contributed by atoms with Gasteiger partial charge in [0.25, 0.3) is 0 Å². The molecule has 0 spiro atoms. The van der Waals surface area contributed by atoms with Crippen LogP contribution < -0.4 is 0 Å². The van der Waals surface area contributed by atoms with Crippen LogP contribution in [0.4, 0.5) is 0 Å². The molecule has 1 saturated heterocycles. The summed E-state index contributed by atoms with van der Waals surface area (Å²) in [5.41, 5.74) is 1.50. The van der Waals surface area contributed by atoms with Crippen molar-refractivity contribution in [1.29, 1.82) is 0 Å². The van der Waals surface area contributed by atoms with Crippen LogP contribution in [0, 0.1) is 0 Å². The molecule has 1 heterocycles. The van der Waals surface area contributed by atoms with Crippen molar-refractivity contribution in [3.8, 4) is 0 Å². The number of thioether (sulfide) groups is 1. The van der Waals surface area contributed by atoms with Gasteiger partial charge < -0.3 is 0 Å². The van der Waals surface area contributed by atoms with E-state index in [1.165, 1.54) is 12.0 Å². The number of rotatable bonds is 2. The zero-order valence-corrected chi connectivity index (χ0v) is 7.47. The second kappa shape index (κ2) is 2.90. The fourth-order valence-corrected chi connectivity index (χ4v) is 2.53. The van der Waals surface area contributed by atoms with Gasteiger partial charge in [-0.15, -0.1) is 11.8 Å². The van der Waals surface area contributed by atoms with Gasteiger partial charge >= 0.3 is 0 Å². The van der Waals surface area contributed by atoms with Crippen molar-refractivity contribution in [2.75, 3.05) is 0 Å². The first-order valence-corrected chi connectivity index (χ1v) is 5.06. The van der Waals surface area contributed by atoms with Crippen molar-refractivity contribution >= 4 is 11.8 Å². The predicted molar refractivity (Wildman–Crippen MR) is 50.9 cm³/mol. The van der Waals surface area contributed by atoms with E-state index in [9.17, 15) is 0 Å². The van der Waals surface area contributed by atoms with Gasteiger partial charge in [0.2, 0.25) is 0 Å². The van der Waals surface area contributed by atoms with Crippen molar-refractivity contribution < 1.29 is 0 Å². The molecule has 1 heteroatoms. The topological polar surface area (TPSA) is 0 Å². The summed E-state index contributed by atoms with van der Waals surface area (Å²) >= 11 is 2.09. The maximum Gasteiger partial charge on any atom is 0.0419 e. The minimum absolute atomic E-state index is 0.807. The summed E-state index contributed by atoms with van der Waals surface area (Å²) in [7, 11) is 0. The molecule has 1 fully saturated rings. The second-order valence-corrected chi connectivity index (χ2v) is 4.30. The zero-order valence-electron chi connectivity index (χ0n) is 6.66. The Balaban J connectivity index is 2.09. The highest BCUT2D eigenvalue weighted by Crippen LogP contribution is 2.56. The predicted octanol–water partition coefficient (Wildman–Crippen LogP) is 3.25. The molecule has 0 amide bonds. The molecule has 2 rings (SSSR count). The summed E-state index contributed by atoms with van der Waals surface area (Å²) in [6, 6.07) is 10.8. The van der Waals surface area contributed by atoms with Gasteiger partial charge in [-0.05, 0) is 12.0 Å². The Morgan fingerprint density at radius 1 is 1.27 bits per heavy atom. The first-order chi connectivity index (χ1) is 5.42. The Morgan fingerprint density at radius 2 is 2.00 bits per heavy atom. The van der Waals surface area contributed by atoms with E-state index in [1.807, 2.05) is 0 Å². The van der Waals surface area contributed by atoms with Crippen molar-refractivity contribution in [3.63, 3.8) is 0 Å². The summed E-state index contributed by atoms with van der Waals surface area (Å²) in [6.45, 7) is 2.26. The molecule has 58 valence electrons. The maximum absolute atomic E-state index is 2.26. The molecule has 0 radical (unpaired) electrons. The normalized spacial score (nSPS) is 28.5. The SMILES string of the molecule is CC[C@@H]1S[C@H]1c1ccccc1. The minimum atomic E-state index is 0.807. The van der Waals surface area contributed by atoms with E-state index in [-0.39, 0.29) is 0 Å². The molecule has 2 atom stereocenters. The van der Waals surface area contributed by atoms with Gasteiger partial charge in [-0.3, -0.25) is 0 Å². The van der Waals surface area contributed by atoms with Crippen molar-refractivity contribution in [2.24, 2.45) is 0 Å². The van der Waals surface area contributed by atoms with Crippen molar-refractivity contribution in [2.45, 2.75) is 23.8 Å². The molecule has 0 saturated carbocycles. The quantitative estimate of drug-likeness (QED) is 0.605.